The number of carbonyl (C=O) groups is 1. The third kappa shape index (κ3) is 5.52. The van der Waals surface area contributed by atoms with E-state index in [1.807, 2.05) is 0 Å². The van der Waals surface area contributed by atoms with Gasteiger partial charge in [0.15, 0.2) is 0 Å². The van der Waals surface area contributed by atoms with Gasteiger partial charge in [0.25, 0.3) is 0 Å². The van der Waals surface area contributed by atoms with Crippen molar-refractivity contribution in [1.29, 1.82) is 0 Å². The molecule has 0 aliphatic carbocycles. The summed E-state index contributed by atoms with van der Waals surface area (Å²) in [6.45, 7) is 16.5. The molecule has 0 spiro atoms. The fourth-order valence-electron chi connectivity index (χ4n) is 2.97. The highest BCUT2D eigenvalue weighted by Crippen LogP contribution is 2.16. The van der Waals surface area contributed by atoms with Crippen molar-refractivity contribution in [2.75, 3.05) is 65.6 Å². The molecule has 0 aromatic carbocycles. The molecule has 0 aromatic rings. The van der Waals surface area contributed by atoms with E-state index in [1.54, 1.807) is 0 Å². The van der Waals surface area contributed by atoms with Crippen molar-refractivity contribution in [3.05, 3.63) is 0 Å². The highest BCUT2D eigenvalue weighted by atomic mass is 16.5. The van der Waals surface area contributed by atoms with Crippen molar-refractivity contribution in [2.24, 2.45) is 11.8 Å². The van der Waals surface area contributed by atoms with Crippen molar-refractivity contribution in [3.63, 3.8) is 0 Å². The first-order valence-corrected chi connectivity index (χ1v) is 8.86. The summed E-state index contributed by atoms with van der Waals surface area (Å²) in [7, 11) is 0. The number of nitrogens with zero attached hydrogens (tertiary/aromatic N) is 3. The maximum Gasteiger partial charge on any atom is 0.222 e. The largest absolute Gasteiger partial charge is 0.379 e. The molecule has 2 aliphatic heterocycles. The van der Waals surface area contributed by atoms with Crippen LogP contribution in [-0.4, -0.2) is 86.2 Å². The Labute approximate surface area is 135 Å². The van der Waals surface area contributed by atoms with E-state index in [2.05, 4.69) is 35.5 Å². The zero-order valence-corrected chi connectivity index (χ0v) is 14.6. The van der Waals surface area contributed by atoms with E-state index in [0.29, 0.717) is 24.2 Å². The van der Waals surface area contributed by atoms with E-state index < -0.39 is 0 Å². The van der Waals surface area contributed by atoms with Crippen molar-refractivity contribution in [1.82, 2.24) is 14.7 Å². The lowest BCUT2D eigenvalue weighted by molar-refractivity contribution is -0.134. The van der Waals surface area contributed by atoms with Gasteiger partial charge in [-0.3, -0.25) is 14.6 Å². The average molecular weight is 311 g/mol. The second kappa shape index (κ2) is 8.85. The fraction of sp³-hybridized carbons (Fsp3) is 0.941. The molecule has 0 saturated carbocycles. The maximum atomic E-state index is 12.3. The van der Waals surface area contributed by atoms with Crippen LogP contribution in [0.4, 0.5) is 0 Å². The highest BCUT2D eigenvalue weighted by Gasteiger charge is 2.23. The first kappa shape index (κ1) is 17.7. The lowest BCUT2D eigenvalue weighted by Crippen LogP contribution is -2.51. The number of morpholine rings is 1. The van der Waals surface area contributed by atoms with E-state index in [9.17, 15) is 4.79 Å². The van der Waals surface area contributed by atoms with E-state index in [1.165, 1.54) is 0 Å². The van der Waals surface area contributed by atoms with Crippen LogP contribution in [0, 0.1) is 11.8 Å². The van der Waals surface area contributed by atoms with Crippen LogP contribution >= 0.6 is 0 Å². The predicted molar refractivity (Wildman–Crippen MR) is 88.9 cm³/mol. The van der Waals surface area contributed by atoms with Gasteiger partial charge in [-0.05, 0) is 11.8 Å². The quantitative estimate of drug-likeness (QED) is 0.737. The maximum absolute atomic E-state index is 12.3. The SMILES string of the molecule is CC(C)C(C)CC(=O)N1CCN(CCN2CCOCC2)CC1. The standard InChI is InChI=1S/C17H33N3O2/c1-15(2)16(3)14-17(21)20-8-6-18(7-9-20)4-5-19-10-12-22-13-11-19/h15-16H,4-14H2,1-3H3. The van der Waals surface area contributed by atoms with Crippen molar-refractivity contribution in [3.8, 4) is 0 Å². The van der Waals surface area contributed by atoms with Gasteiger partial charge in [-0.25, -0.2) is 0 Å². The molecule has 0 aromatic heterocycles. The van der Waals surface area contributed by atoms with Crippen LogP contribution in [0.2, 0.25) is 0 Å². The van der Waals surface area contributed by atoms with E-state index >= 15 is 0 Å². The number of ether oxygens (including phenoxy) is 1. The number of carbonyl (C=O) groups excluding carboxylic acids is 1. The smallest absolute Gasteiger partial charge is 0.222 e. The molecule has 2 fully saturated rings. The Morgan fingerprint density at radius 2 is 1.45 bits per heavy atom. The molecular weight excluding hydrogens is 278 g/mol. The summed E-state index contributed by atoms with van der Waals surface area (Å²) in [4.78, 5) is 19.3. The van der Waals surface area contributed by atoms with Gasteiger partial charge in [-0.1, -0.05) is 20.8 Å². The third-order valence-corrected chi connectivity index (χ3v) is 5.20. The van der Waals surface area contributed by atoms with Crippen LogP contribution < -0.4 is 0 Å². The zero-order valence-electron chi connectivity index (χ0n) is 14.6. The number of hydrogen-bond acceptors (Lipinski definition) is 4. The third-order valence-electron chi connectivity index (χ3n) is 5.20. The first-order valence-electron chi connectivity index (χ1n) is 8.86. The minimum Gasteiger partial charge on any atom is -0.379 e. The monoisotopic (exact) mass is 311 g/mol. The van der Waals surface area contributed by atoms with Gasteiger partial charge >= 0.3 is 0 Å². The molecule has 128 valence electrons. The Bertz CT molecular complexity index is 335. The van der Waals surface area contributed by atoms with Gasteiger partial charge in [0.1, 0.15) is 0 Å². The Morgan fingerprint density at radius 1 is 0.909 bits per heavy atom. The summed E-state index contributed by atoms with van der Waals surface area (Å²) >= 11 is 0. The Kier molecular flexibility index (Phi) is 7.12. The van der Waals surface area contributed by atoms with Gasteiger partial charge in [0.05, 0.1) is 13.2 Å². The zero-order chi connectivity index (χ0) is 15.9. The molecule has 5 nitrogen and oxygen atoms in total. The van der Waals surface area contributed by atoms with Crippen molar-refractivity contribution >= 4 is 5.91 Å². The number of hydrogen-bond donors (Lipinski definition) is 0. The summed E-state index contributed by atoms with van der Waals surface area (Å²) in [5.74, 6) is 1.40. The summed E-state index contributed by atoms with van der Waals surface area (Å²) < 4.78 is 5.38. The molecule has 1 amide bonds. The van der Waals surface area contributed by atoms with E-state index in [-0.39, 0.29) is 0 Å². The van der Waals surface area contributed by atoms with Crippen LogP contribution in [0.1, 0.15) is 27.2 Å². The average Bonchev–Trinajstić information content (AvgIpc) is 2.54. The first-order chi connectivity index (χ1) is 10.6. The topological polar surface area (TPSA) is 36.0 Å². The Morgan fingerprint density at radius 3 is 2.00 bits per heavy atom. The second-order valence-electron chi connectivity index (χ2n) is 7.10. The van der Waals surface area contributed by atoms with Crippen molar-refractivity contribution in [2.45, 2.75) is 27.2 Å². The molecular formula is C17H33N3O2. The predicted octanol–water partition coefficient (Wildman–Crippen LogP) is 1.15. The lowest BCUT2D eigenvalue weighted by Gasteiger charge is -2.37. The second-order valence-corrected chi connectivity index (χ2v) is 7.10. The van der Waals surface area contributed by atoms with Gasteiger partial charge < -0.3 is 9.64 Å². The summed E-state index contributed by atoms with van der Waals surface area (Å²) in [5.41, 5.74) is 0. The molecule has 1 atom stereocenters. The molecule has 0 N–H and O–H groups in total. The lowest BCUT2D eigenvalue weighted by atomic mass is 9.94. The van der Waals surface area contributed by atoms with Crippen LogP contribution in [0.15, 0.2) is 0 Å². The van der Waals surface area contributed by atoms with E-state index in [0.717, 1.165) is 65.6 Å². The summed E-state index contributed by atoms with van der Waals surface area (Å²) in [5, 5.41) is 0. The molecule has 2 aliphatic rings. The number of piperazine rings is 1. The number of amides is 1. The van der Waals surface area contributed by atoms with Crippen LogP contribution in [-0.2, 0) is 9.53 Å². The van der Waals surface area contributed by atoms with E-state index in [4.69, 9.17) is 4.74 Å². The minimum atomic E-state index is 0.342. The Balaban J connectivity index is 1.63. The molecule has 0 bridgehead atoms. The molecule has 2 rings (SSSR count). The van der Waals surface area contributed by atoms with Gasteiger partial charge in [0.2, 0.25) is 5.91 Å². The van der Waals surface area contributed by atoms with Crippen LogP contribution in [0.5, 0.6) is 0 Å². The van der Waals surface area contributed by atoms with Gasteiger partial charge in [-0.15, -0.1) is 0 Å². The summed E-state index contributed by atoms with van der Waals surface area (Å²) in [6.07, 6.45) is 0.700. The molecule has 1 unspecified atom stereocenters. The van der Waals surface area contributed by atoms with Gasteiger partial charge in [-0.2, -0.15) is 0 Å². The van der Waals surface area contributed by atoms with Gasteiger partial charge in [0, 0.05) is 58.8 Å². The highest BCUT2D eigenvalue weighted by molar-refractivity contribution is 5.76. The van der Waals surface area contributed by atoms with Crippen molar-refractivity contribution < 1.29 is 9.53 Å². The molecule has 2 heterocycles. The minimum absolute atomic E-state index is 0.342. The normalized spacial score (nSPS) is 23.0. The molecule has 0 radical (unpaired) electrons. The summed E-state index contributed by atoms with van der Waals surface area (Å²) in [6, 6.07) is 0. The molecule has 2 saturated heterocycles. The van der Waals surface area contributed by atoms with Crippen LogP contribution in [0.25, 0.3) is 0 Å². The molecule has 5 heteroatoms. The molecule has 22 heavy (non-hydrogen) atoms. The fourth-order valence-corrected chi connectivity index (χ4v) is 2.97. The van der Waals surface area contributed by atoms with Crippen LogP contribution in [0.3, 0.4) is 0 Å². The number of rotatable bonds is 6. The Hall–Kier alpha value is -0.650.